The highest BCUT2D eigenvalue weighted by molar-refractivity contribution is 5.82. The Morgan fingerprint density at radius 3 is 2.65 bits per heavy atom. The molecule has 0 unspecified atom stereocenters. The number of hydrogen-bond acceptors (Lipinski definition) is 4. The maximum Gasteiger partial charge on any atom is 0.239 e. The molecule has 5 nitrogen and oxygen atoms in total. The second-order valence-electron chi connectivity index (χ2n) is 6.58. The summed E-state index contributed by atoms with van der Waals surface area (Å²) in [6.45, 7) is 9.16. The van der Waals surface area contributed by atoms with Gasteiger partial charge in [0.15, 0.2) is 0 Å². The molecule has 1 atom stereocenters. The van der Waals surface area contributed by atoms with Gasteiger partial charge < -0.3 is 15.4 Å². The van der Waals surface area contributed by atoms with Crippen LogP contribution in [0.1, 0.15) is 26.7 Å². The summed E-state index contributed by atoms with van der Waals surface area (Å²) in [5.74, 6) is 1.26. The Kier molecular flexibility index (Phi) is 7.12. The van der Waals surface area contributed by atoms with Gasteiger partial charge in [-0.05, 0) is 37.3 Å². The number of allylic oxidation sites excluding steroid dienone is 3. The fraction of sp³-hybridized carbons (Fsp3) is 0.667. The molecule has 1 aliphatic heterocycles. The van der Waals surface area contributed by atoms with Crippen LogP contribution in [0.15, 0.2) is 24.0 Å². The normalized spacial score (nSPS) is 20.5. The van der Waals surface area contributed by atoms with Crippen LogP contribution < -0.4 is 5.73 Å². The van der Waals surface area contributed by atoms with Crippen molar-refractivity contribution in [2.75, 3.05) is 39.3 Å². The molecule has 2 N–H and O–H groups in total. The highest BCUT2D eigenvalue weighted by atomic mass is 16.5. The first kappa shape index (κ1) is 18.0. The molecule has 1 aliphatic carbocycles. The molecule has 5 heteroatoms. The average Bonchev–Trinajstić information content (AvgIpc) is 2.59. The number of amides is 1. The van der Waals surface area contributed by atoms with Gasteiger partial charge in [-0.25, -0.2) is 0 Å². The predicted molar refractivity (Wildman–Crippen MR) is 92.5 cm³/mol. The van der Waals surface area contributed by atoms with Gasteiger partial charge in [0, 0.05) is 32.7 Å². The Bertz CT molecular complexity index is 438. The zero-order chi connectivity index (χ0) is 16.7. The van der Waals surface area contributed by atoms with Crippen LogP contribution >= 0.6 is 0 Å². The van der Waals surface area contributed by atoms with Gasteiger partial charge in [-0.1, -0.05) is 19.9 Å². The van der Waals surface area contributed by atoms with E-state index < -0.39 is 0 Å². The minimum atomic E-state index is -0.371. The first-order valence-electron chi connectivity index (χ1n) is 8.67. The molecule has 0 aromatic heterocycles. The van der Waals surface area contributed by atoms with Crippen molar-refractivity contribution in [1.29, 1.82) is 0 Å². The zero-order valence-electron chi connectivity index (χ0n) is 14.4. The van der Waals surface area contributed by atoms with Gasteiger partial charge in [0.1, 0.15) is 5.76 Å². The van der Waals surface area contributed by atoms with Crippen molar-refractivity contribution in [3.63, 3.8) is 0 Å². The van der Waals surface area contributed by atoms with Crippen LogP contribution in [0.5, 0.6) is 0 Å². The molecular weight excluding hydrogens is 290 g/mol. The molecule has 129 valence electrons. The monoisotopic (exact) mass is 320 g/mol. The first-order valence-corrected chi connectivity index (χ1v) is 8.67. The topological polar surface area (TPSA) is 58.8 Å². The summed E-state index contributed by atoms with van der Waals surface area (Å²) in [6.07, 6.45) is 10.2. The summed E-state index contributed by atoms with van der Waals surface area (Å²) in [6, 6.07) is -0.371. The van der Waals surface area contributed by atoms with Crippen molar-refractivity contribution in [3.05, 3.63) is 30.4 Å². The molecule has 2 aliphatic rings. The maximum atomic E-state index is 12.2. The molecule has 0 aromatic rings. The Morgan fingerprint density at radius 2 is 2.04 bits per heavy atom. The van der Waals surface area contributed by atoms with Crippen molar-refractivity contribution < 1.29 is 9.53 Å². The highest BCUT2D eigenvalue weighted by Gasteiger charge is 2.26. The lowest BCUT2D eigenvalue weighted by Crippen LogP contribution is -2.54. The number of rotatable bonds is 7. The quantitative estimate of drug-likeness (QED) is 0.724. The third kappa shape index (κ3) is 5.66. The number of carbonyl (C=O) groups is 1. The standard InChI is InChI=1S/C18H30N3O2/c1-15(2)17(19)18(22)21-12-10-20(11-13-21)9-6-14-23-16-7-4-3-5-8-16/h3-4,7-8,15,17H,5-6,9-14,19H2,1-2H3/t17-/m0/s1. The molecule has 0 aromatic carbocycles. The summed E-state index contributed by atoms with van der Waals surface area (Å²) in [4.78, 5) is 16.5. The predicted octanol–water partition coefficient (Wildman–Crippen LogP) is 1.57. The van der Waals surface area contributed by atoms with Crippen molar-refractivity contribution in [3.8, 4) is 0 Å². The van der Waals surface area contributed by atoms with E-state index in [0.717, 1.165) is 57.9 Å². The number of piperazine rings is 1. The van der Waals surface area contributed by atoms with Gasteiger partial charge in [0.2, 0.25) is 5.91 Å². The Labute approximate surface area is 140 Å². The van der Waals surface area contributed by atoms with E-state index in [1.54, 1.807) is 0 Å². The van der Waals surface area contributed by atoms with Crippen LogP contribution in [0.3, 0.4) is 0 Å². The van der Waals surface area contributed by atoms with Crippen LogP contribution in [0.2, 0.25) is 0 Å². The second kappa shape index (κ2) is 9.08. The average molecular weight is 320 g/mol. The minimum absolute atomic E-state index is 0.0933. The Morgan fingerprint density at radius 1 is 1.30 bits per heavy atom. The molecule has 1 heterocycles. The lowest BCUT2D eigenvalue weighted by atomic mass is 10.0. The van der Waals surface area contributed by atoms with E-state index >= 15 is 0 Å². The van der Waals surface area contributed by atoms with Crippen molar-refractivity contribution in [1.82, 2.24) is 9.80 Å². The van der Waals surface area contributed by atoms with Gasteiger partial charge in [-0.3, -0.25) is 9.69 Å². The lowest BCUT2D eigenvalue weighted by Gasteiger charge is -2.36. The molecule has 23 heavy (non-hydrogen) atoms. The zero-order valence-corrected chi connectivity index (χ0v) is 14.4. The molecule has 0 spiro atoms. The molecule has 0 bridgehead atoms. The molecule has 1 saturated heterocycles. The van der Waals surface area contributed by atoms with Crippen LogP contribution in [0, 0.1) is 12.3 Å². The number of hydrogen-bond donors (Lipinski definition) is 1. The third-order valence-electron chi connectivity index (χ3n) is 4.43. The van der Waals surface area contributed by atoms with Crippen LogP contribution in [0.4, 0.5) is 0 Å². The smallest absolute Gasteiger partial charge is 0.239 e. The Hall–Kier alpha value is -1.33. The number of nitrogens with zero attached hydrogens (tertiary/aromatic N) is 2. The number of ether oxygens (including phenoxy) is 1. The van der Waals surface area contributed by atoms with Crippen LogP contribution in [-0.2, 0) is 9.53 Å². The van der Waals surface area contributed by atoms with Gasteiger partial charge in [0.05, 0.1) is 12.6 Å². The van der Waals surface area contributed by atoms with Crippen LogP contribution in [-0.4, -0.2) is 61.1 Å². The maximum absolute atomic E-state index is 12.2. The largest absolute Gasteiger partial charge is 0.494 e. The molecule has 1 fully saturated rings. The summed E-state index contributed by atoms with van der Waals surface area (Å²) in [5.41, 5.74) is 5.96. The number of carbonyl (C=O) groups excluding carboxylic acids is 1. The molecule has 1 amide bonds. The highest BCUT2D eigenvalue weighted by Crippen LogP contribution is 2.11. The van der Waals surface area contributed by atoms with Crippen molar-refractivity contribution in [2.24, 2.45) is 11.7 Å². The fourth-order valence-electron chi connectivity index (χ4n) is 2.77. The van der Waals surface area contributed by atoms with E-state index in [1.807, 2.05) is 30.9 Å². The van der Waals surface area contributed by atoms with Gasteiger partial charge >= 0.3 is 0 Å². The van der Waals surface area contributed by atoms with Crippen molar-refractivity contribution >= 4 is 5.91 Å². The van der Waals surface area contributed by atoms with Gasteiger partial charge in [-0.2, -0.15) is 0 Å². The van der Waals surface area contributed by atoms with Crippen LogP contribution in [0.25, 0.3) is 0 Å². The lowest BCUT2D eigenvalue weighted by molar-refractivity contribution is -0.135. The summed E-state index contributed by atoms with van der Waals surface area (Å²) >= 11 is 0. The third-order valence-corrected chi connectivity index (χ3v) is 4.43. The van der Waals surface area contributed by atoms with Gasteiger partial charge in [0.25, 0.3) is 0 Å². The van der Waals surface area contributed by atoms with E-state index in [-0.39, 0.29) is 17.9 Å². The molecular formula is C18H30N3O2. The summed E-state index contributed by atoms with van der Waals surface area (Å²) < 4.78 is 5.74. The van der Waals surface area contributed by atoms with Crippen molar-refractivity contribution in [2.45, 2.75) is 32.7 Å². The van der Waals surface area contributed by atoms with E-state index in [4.69, 9.17) is 10.5 Å². The first-order chi connectivity index (χ1) is 11.1. The minimum Gasteiger partial charge on any atom is -0.494 e. The SMILES string of the molecule is CC(C)[C@H](N)C(=O)N1CCN(CCCOC2=CC[CH]C=C2)CC1. The number of nitrogens with two attached hydrogens (primary N) is 1. The van der Waals surface area contributed by atoms with Gasteiger partial charge in [-0.15, -0.1) is 0 Å². The second-order valence-corrected chi connectivity index (χ2v) is 6.58. The summed E-state index contributed by atoms with van der Waals surface area (Å²) in [5, 5.41) is 0. The molecule has 2 rings (SSSR count). The van der Waals surface area contributed by atoms with E-state index in [1.165, 1.54) is 0 Å². The van der Waals surface area contributed by atoms with E-state index in [2.05, 4.69) is 17.4 Å². The Balaban J connectivity index is 1.60. The van der Waals surface area contributed by atoms with E-state index in [0.29, 0.717) is 0 Å². The molecule has 1 radical (unpaired) electrons. The molecule has 0 saturated carbocycles. The fourth-order valence-corrected chi connectivity index (χ4v) is 2.77. The van der Waals surface area contributed by atoms with E-state index in [9.17, 15) is 4.79 Å². The summed E-state index contributed by atoms with van der Waals surface area (Å²) in [7, 11) is 0.